The second-order valence-electron chi connectivity index (χ2n) is 10.8. The fourth-order valence-corrected chi connectivity index (χ4v) is 5.19. The first kappa shape index (κ1) is 30.9. The fourth-order valence-electron chi connectivity index (χ4n) is 5.19. The molecule has 0 bridgehead atoms. The van der Waals surface area contributed by atoms with Crippen molar-refractivity contribution in [2.45, 2.75) is 38.8 Å². The number of carbonyl (C=O) groups excluding carboxylic acids is 3. The molecule has 3 aliphatic heterocycles. The molecule has 3 aromatic rings. The monoisotopic (exact) mass is 619 g/mol. The van der Waals surface area contributed by atoms with E-state index in [0.29, 0.717) is 17.7 Å². The molecule has 10 nitrogen and oxygen atoms in total. The Morgan fingerprint density at radius 1 is 1.07 bits per heavy atom. The van der Waals surface area contributed by atoms with Crippen LogP contribution in [0.15, 0.2) is 36.4 Å². The first-order chi connectivity index (χ1) is 20.9. The number of amides is 4. The molecule has 6 rings (SSSR count). The molecular weight excluding hydrogens is 589 g/mol. The first-order valence-electron chi connectivity index (χ1n) is 13.9. The van der Waals surface area contributed by atoms with Crippen LogP contribution < -0.4 is 20.9 Å². The number of alkyl halides is 2. The van der Waals surface area contributed by atoms with Crippen LogP contribution in [0.3, 0.4) is 0 Å². The van der Waals surface area contributed by atoms with Gasteiger partial charge >= 0.3 is 6.03 Å². The van der Waals surface area contributed by atoms with Crippen molar-refractivity contribution < 1.29 is 36.3 Å². The average Bonchev–Trinajstić information content (AvgIpc) is 3.65. The van der Waals surface area contributed by atoms with Gasteiger partial charge in [0.05, 0.1) is 24.5 Å². The predicted octanol–water partition coefficient (Wildman–Crippen LogP) is 3.59. The molecule has 3 aliphatic rings. The van der Waals surface area contributed by atoms with E-state index >= 15 is 0 Å². The minimum atomic E-state index is -2.73. The van der Waals surface area contributed by atoms with Crippen LogP contribution in [-0.2, 0) is 24.3 Å². The molecule has 0 spiro atoms. The minimum absolute atomic E-state index is 0.00795. The Kier molecular flexibility index (Phi) is 8.85. The van der Waals surface area contributed by atoms with Gasteiger partial charge < -0.3 is 15.2 Å². The van der Waals surface area contributed by atoms with Gasteiger partial charge in [-0.15, -0.1) is 0 Å². The third kappa shape index (κ3) is 6.98. The number of hydrogen-bond acceptors (Lipinski definition) is 5. The number of rotatable bonds is 5. The van der Waals surface area contributed by atoms with E-state index in [4.69, 9.17) is 0 Å². The summed E-state index contributed by atoms with van der Waals surface area (Å²) >= 11 is 0. The average molecular weight is 620 g/mol. The lowest BCUT2D eigenvalue weighted by Crippen LogP contribution is -2.39. The molecule has 1 aromatic heterocycles. The Labute approximate surface area is 249 Å². The lowest BCUT2D eigenvalue weighted by Gasteiger charge is -2.20. The zero-order valence-corrected chi connectivity index (χ0v) is 23.7. The van der Waals surface area contributed by atoms with Gasteiger partial charge in [0.1, 0.15) is 12.4 Å². The lowest BCUT2D eigenvalue weighted by molar-refractivity contribution is -0.122. The van der Waals surface area contributed by atoms with E-state index in [0.717, 1.165) is 17.7 Å². The molecule has 3 N–H and O–H groups in total. The van der Waals surface area contributed by atoms with Crippen LogP contribution >= 0.6 is 0 Å². The van der Waals surface area contributed by atoms with Gasteiger partial charge in [-0.05, 0) is 37.1 Å². The Bertz CT molecular complexity index is 1560. The molecule has 234 valence electrons. The maximum Gasteiger partial charge on any atom is 0.327 e. The van der Waals surface area contributed by atoms with Gasteiger partial charge in [0.15, 0.2) is 17.5 Å². The van der Waals surface area contributed by atoms with Crippen molar-refractivity contribution in [3.05, 3.63) is 76.5 Å². The maximum absolute atomic E-state index is 13.8. The zero-order valence-electron chi connectivity index (χ0n) is 23.7. The molecule has 0 atom stereocenters. The van der Waals surface area contributed by atoms with Gasteiger partial charge in [-0.3, -0.25) is 24.7 Å². The van der Waals surface area contributed by atoms with Gasteiger partial charge in [0.25, 0.3) is 11.8 Å². The molecule has 44 heavy (non-hydrogen) atoms. The summed E-state index contributed by atoms with van der Waals surface area (Å²) in [6.07, 6.45) is 0.115. The third-order valence-corrected chi connectivity index (χ3v) is 7.49. The van der Waals surface area contributed by atoms with Crippen LogP contribution in [0.1, 0.15) is 33.9 Å². The van der Waals surface area contributed by atoms with Crippen LogP contribution in [-0.4, -0.2) is 70.9 Å². The van der Waals surface area contributed by atoms with Crippen molar-refractivity contribution in [3.8, 4) is 0 Å². The Morgan fingerprint density at radius 2 is 1.80 bits per heavy atom. The molecule has 1 saturated heterocycles. The van der Waals surface area contributed by atoms with Crippen molar-refractivity contribution in [1.29, 1.82) is 0 Å². The van der Waals surface area contributed by atoms with Gasteiger partial charge in [0.2, 0.25) is 11.7 Å². The molecule has 0 unspecified atom stereocenters. The summed E-state index contributed by atoms with van der Waals surface area (Å²) in [7, 11) is 0. The largest absolute Gasteiger partial charge is 0.349 e. The van der Waals surface area contributed by atoms with E-state index in [1.165, 1.54) is 21.6 Å². The molecule has 0 aliphatic carbocycles. The molecule has 1 fully saturated rings. The summed E-state index contributed by atoms with van der Waals surface area (Å²) in [5.41, 5.74) is 2.20. The highest BCUT2D eigenvalue weighted by Gasteiger charge is 2.38. The Morgan fingerprint density at radius 3 is 2.48 bits per heavy atom. The van der Waals surface area contributed by atoms with Gasteiger partial charge in [-0.1, -0.05) is 17.7 Å². The Hall–Kier alpha value is -4.53. The number of aryl methyl sites for hydroxylation is 1. The molecule has 0 radical (unpaired) electrons. The van der Waals surface area contributed by atoms with Gasteiger partial charge in [-0.2, -0.15) is 0 Å². The molecular formula is C29H30F5N7O3. The summed E-state index contributed by atoms with van der Waals surface area (Å²) in [6, 6.07) is 7.75. The lowest BCUT2D eigenvalue weighted by atomic mass is 10.1. The standard InChI is InChI=1S/C22H23F4N7O3.C7H7F/c23-13-7-12-1-4-32(15(12)8-14(13)24)21(36)30-18-16-9-28-17(34)10-33(16)19(29-18)20(35)27-3-6-31-5-2-22(25,26)11-31;1-6-2-4-7(8)5-3-6/h7-8H,1-6,9-11H2,(H,27,35)(H,28,34)(H,30,36);2-5H,1H3. The van der Waals surface area contributed by atoms with Crippen molar-refractivity contribution >= 4 is 29.4 Å². The fraction of sp³-hybridized carbons (Fsp3) is 0.379. The number of likely N-dealkylation sites (tertiary alicyclic amines) is 1. The summed E-state index contributed by atoms with van der Waals surface area (Å²) < 4.78 is 67.5. The number of urea groups is 1. The van der Waals surface area contributed by atoms with Crippen LogP contribution in [0.25, 0.3) is 0 Å². The molecule has 4 heterocycles. The summed E-state index contributed by atoms with van der Waals surface area (Å²) in [5, 5.41) is 7.85. The number of benzene rings is 2. The number of carbonyl (C=O) groups is 3. The highest BCUT2D eigenvalue weighted by molar-refractivity contribution is 6.03. The predicted molar refractivity (Wildman–Crippen MR) is 150 cm³/mol. The van der Waals surface area contributed by atoms with Gasteiger partial charge in [0, 0.05) is 38.7 Å². The smallest absolute Gasteiger partial charge is 0.327 e. The minimum Gasteiger partial charge on any atom is -0.349 e. The second kappa shape index (κ2) is 12.6. The van der Waals surface area contributed by atoms with Crippen molar-refractivity contribution in [1.82, 2.24) is 25.1 Å². The molecule has 15 heteroatoms. The van der Waals surface area contributed by atoms with E-state index in [-0.39, 0.29) is 81.3 Å². The molecule has 0 saturated carbocycles. The Balaban J connectivity index is 0.000000418. The number of anilines is 2. The normalized spacial score (nSPS) is 16.9. The molecule has 2 aromatic carbocycles. The molecule has 4 amide bonds. The number of hydrogen-bond donors (Lipinski definition) is 3. The van der Waals surface area contributed by atoms with Crippen LogP contribution in [0.5, 0.6) is 0 Å². The van der Waals surface area contributed by atoms with Crippen molar-refractivity contribution in [3.63, 3.8) is 0 Å². The summed E-state index contributed by atoms with van der Waals surface area (Å²) in [4.78, 5) is 44.8. The van der Waals surface area contributed by atoms with E-state index in [1.807, 2.05) is 6.92 Å². The quantitative estimate of drug-likeness (QED) is 0.378. The SMILES string of the molecule is Cc1ccc(F)cc1.O=C1Cn2c(C(=O)NCCN3CCC(F)(F)C3)nc(NC(=O)N3CCc4cc(F)c(F)cc43)c2CN1. The van der Waals surface area contributed by atoms with Crippen LogP contribution in [0.4, 0.5) is 38.3 Å². The van der Waals surface area contributed by atoms with E-state index in [9.17, 15) is 36.3 Å². The number of fused-ring (bicyclic) bond motifs is 2. The highest BCUT2D eigenvalue weighted by Crippen LogP contribution is 2.31. The topological polar surface area (TPSA) is 112 Å². The number of imidazole rings is 1. The second-order valence-corrected chi connectivity index (χ2v) is 10.8. The van der Waals surface area contributed by atoms with Crippen molar-refractivity contribution in [2.24, 2.45) is 0 Å². The van der Waals surface area contributed by atoms with E-state index in [2.05, 4.69) is 20.9 Å². The van der Waals surface area contributed by atoms with Crippen LogP contribution in [0, 0.1) is 24.4 Å². The third-order valence-electron chi connectivity index (χ3n) is 7.49. The maximum atomic E-state index is 13.8. The number of aromatic nitrogens is 2. The van der Waals surface area contributed by atoms with E-state index in [1.54, 1.807) is 17.0 Å². The zero-order chi connectivity index (χ0) is 31.6. The van der Waals surface area contributed by atoms with Crippen molar-refractivity contribution in [2.75, 3.05) is 42.9 Å². The first-order valence-corrected chi connectivity index (χ1v) is 13.9. The summed E-state index contributed by atoms with van der Waals surface area (Å²) in [5.74, 6) is -6.02. The number of halogens is 5. The number of nitrogens with one attached hydrogen (secondary N) is 3. The van der Waals surface area contributed by atoms with Crippen LogP contribution in [0.2, 0.25) is 0 Å². The van der Waals surface area contributed by atoms with Gasteiger partial charge in [-0.25, -0.2) is 31.7 Å². The highest BCUT2D eigenvalue weighted by atomic mass is 19.3. The summed E-state index contributed by atoms with van der Waals surface area (Å²) in [6.45, 7) is 2.12. The van der Waals surface area contributed by atoms with E-state index < -0.39 is 29.5 Å². The number of nitrogens with zero attached hydrogens (tertiary/aromatic N) is 4.